The Labute approximate surface area is 155 Å². The Balaban J connectivity index is 1.60. The van der Waals surface area contributed by atoms with Gasteiger partial charge in [-0.3, -0.25) is 4.79 Å². The molecule has 25 heavy (non-hydrogen) atoms. The molecule has 0 fully saturated rings. The fourth-order valence-electron chi connectivity index (χ4n) is 2.28. The summed E-state index contributed by atoms with van der Waals surface area (Å²) in [4.78, 5) is 16.5. The van der Waals surface area contributed by atoms with E-state index in [1.165, 1.54) is 11.3 Å². The van der Waals surface area contributed by atoms with Crippen molar-refractivity contribution in [3.63, 3.8) is 0 Å². The molecule has 1 heterocycles. The molecule has 0 saturated heterocycles. The van der Waals surface area contributed by atoms with Gasteiger partial charge in [-0.15, -0.1) is 11.3 Å². The quantitative estimate of drug-likeness (QED) is 0.533. The first-order valence-corrected chi connectivity index (χ1v) is 8.96. The average molecular weight is 370 g/mol. The van der Waals surface area contributed by atoms with Crippen molar-refractivity contribution in [1.82, 2.24) is 10.4 Å². The summed E-state index contributed by atoms with van der Waals surface area (Å²) in [6.45, 7) is 1.94. The van der Waals surface area contributed by atoms with Crippen LogP contribution in [0.2, 0.25) is 5.02 Å². The molecule has 126 valence electrons. The number of carbonyl (C=O) groups is 1. The topological polar surface area (TPSA) is 54.4 Å². The van der Waals surface area contributed by atoms with Gasteiger partial charge in [0, 0.05) is 21.5 Å². The molecule has 1 amide bonds. The largest absolute Gasteiger partial charge is 0.273 e. The Morgan fingerprint density at radius 2 is 2.04 bits per heavy atom. The van der Waals surface area contributed by atoms with E-state index in [0.717, 1.165) is 27.4 Å². The predicted octanol–water partition coefficient (Wildman–Crippen LogP) is 4.46. The summed E-state index contributed by atoms with van der Waals surface area (Å²) in [5.41, 5.74) is 6.09. The van der Waals surface area contributed by atoms with Gasteiger partial charge in [-0.2, -0.15) is 5.10 Å². The van der Waals surface area contributed by atoms with Crippen molar-refractivity contribution in [3.05, 3.63) is 75.8 Å². The van der Waals surface area contributed by atoms with Gasteiger partial charge in [0.2, 0.25) is 5.91 Å². The zero-order valence-corrected chi connectivity index (χ0v) is 15.1. The van der Waals surface area contributed by atoms with Crippen LogP contribution in [0.4, 0.5) is 0 Å². The maximum Gasteiger partial charge on any atom is 0.246 e. The summed E-state index contributed by atoms with van der Waals surface area (Å²) in [5, 5.41) is 7.39. The summed E-state index contributed by atoms with van der Waals surface area (Å²) in [6.07, 6.45) is 1.74. The van der Waals surface area contributed by atoms with Gasteiger partial charge >= 0.3 is 0 Å². The van der Waals surface area contributed by atoms with Crippen LogP contribution in [0, 0.1) is 6.92 Å². The van der Waals surface area contributed by atoms with Gasteiger partial charge in [0.05, 0.1) is 18.3 Å². The normalized spacial score (nSPS) is 11.0. The maximum absolute atomic E-state index is 12.0. The lowest BCUT2D eigenvalue weighted by Gasteiger charge is -2.02. The molecule has 0 radical (unpaired) electrons. The van der Waals surface area contributed by atoms with Crippen LogP contribution in [0.25, 0.3) is 10.6 Å². The number of benzene rings is 2. The van der Waals surface area contributed by atoms with Crippen molar-refractivity contribution < 1.29 is 4.79 Å². The molecular formula is C19H16ClN3OS. The Kier molecular flexibility index (Phi) is 5.58. The number of hydrogen-bond donors (Lipinski definition) is 1. The highest BCUT2D eigenvalue weighted by Gasteiger charge is 2.08. The Hall–Kier alpha value is -2.50. The van der Waals surface area contributed by atoms with Gasteiger partial charge in [0.1, 0.15) is 5.01 Å². The van der Waals surface area contributed by atoms with E-state index in [1.54, 1.807) is 12.3 Å². The van der Waals surface area contributed by atoms with E-state index in [1.807, 2.05) is 54.8 Å². The minimum atomic E-state index is -0.217. The molecule has 0 unspecified atom stereocenters. The van der Waals surface area contributed by atoms with E-state index in [2.05, 4.69) is 15.5 Å². The summed E-state index contributed by atoms with van der Waals surface area (Å²) in [6, 6.07) is 15.5. The van der Waals surface area contributed by atoms with Crippen LogP contribution in [0.15, 0.2) is 59.0 Å². The average Bonchev–Trinajstić information content (AvgIpc) is 3.07. The van der Waals surface area contributed by atoms with Crippen molar-refractivity contribution in [2.75, 3.05) is 0 Å². The first-order chi connectivity index (χ1) is 12.1. The fraction of sp³-hybridized carbons (Fsp3) is 0.105. The molecule has 0 bridgehead atoms. The van der Waals surface area contributed by atoms with Crippen LogP contribution in [0.3, 0.4) is 0 Å². The lowest BCUT2D eigenvalue weighted by molar-refractivity contribution is -0.120. The van der Waals surface area contributed by atoms with Crippen molar-refractivity contribution in [2.45, 2.75) is 13.3 Å². The van der Waals surface area contributed by atoms with E-state index in [0.29, 0.717) is 5.02 Å². The number of halogens is 1. The van der Waals surface area contributed by atoms with Crippen molar-refractivity contribution in [3.8, 4) is 10.6 Å². The van der Waals surface area contributed by atoms with E-state index >= 15 is 0 Å². The van der Waals surface area contributed by atoms with Gasteiger partial charge in [0.15, 0.2) is 0 Å². The minimum absolute atomic E-state index is 0.183. The first kappa shape index (κ1) is 17.3. The van der Waals surface area contributed by atoms with Crippen LogP contribution in [-0.2, 0) is 11.2 Å². The first-order valence-electron chi connectivity index (χ1n) is 7.70. The highest BCUT2D eigenvalue weighted by Crippen LogP contribution is 2.23. The van der Waals surface area contributed by atoms with Crippen molar-refractivity contribution in [1.29, 1.82) is 0 Å². The van der Waals surface area contributed by atoms with E-state index in [4.69, 9.17) is 11.6 Å². The highest BCUT2D eigenvalue weighted by molar-refractivity contribution is 7.13. The molecule has 2 aromatic carbocycles. The number of amides is 1. The Morgan fingerprint density at radius 3 is 2.80 bits per heavy atom. The highest BCUT2D eigenvalue weighted by atomic mass is 35.5. The third kappa shape index (κ3) is 4.53. The van der Waals surface area contributed by atoms with Crippen molar-refractivity contribution >= 4 is 35.1 Å². The number of rotatable bonds is 5. The van der Waals surface area contributed by atoms with E-state index < -0.39 is 0 Å². The Morgan fingerprint density at radius 1 is 1.24 bits per heavy atom. The van der Waals surface area contributed by atoms with Gasteiger partial charge < -0.3 is 0 Å². The molecule has 6 heteroatoms. The molecule has 1 aromatic heterocycles. The molecule has 1 N–H and O–H groups in total. The van der Waals surface area contributed by atoms with Crippen molar-refractivity contribution in [2.24, 2.45) is 5.10 Å². The molecule has 0 saturated carbocycles. The van der Waals surface area contributed by atoms with E-state index in [-0.39, 0.29) is 12.3 Å². The predicted molar refractivity (Wildman–Crippen MR) is 103 cm³/mol. The van der Waals surface area contributed by atoms with Gasteiger partial charge in [-0.25, -0.2) is 10.4 Å². The molecule has 0 spiro atoms. The fourth-order valence-corrected chi connectivity index (χ4v) is 3.38. The summed E-state index contributed by atoms with van der Waals surface area (Å²) in [5.74, 6) is -0.217. The zero-order valence-electron chi connectivity index (χ0n) is 13.6. The van der Waals surface area contributed by atoms with Gasteiger partial charge in [-0.1, -0.05) is 54.1 Å². The standard InChI is InChI=1S/C19H16ClN3OS/c1-13-6-5-9-17(20)16(13)11-21-23-18(24)10-15-12-25-19(22-15)14-7-3-2-4-8-14/h2-9,11-12H,10H2,1H3,(H,23,24)/b21-11-. The number of aromatic nitrogens is 1. The smallest absolute Gasteiger partial charge is 0.246 e. The molecule has 3 rings (SSSR count). The van der Waals surface area contributed by atoms with Crippen LogP contribution in [0.1, 0.15) is 16.8 Å². The van der Waals surface area contributed by atoms with Crippen LogP contribution in [0.5, 0.6) is 0 Å². The number of nitrogens with one attached hydrogen (secondary N) is 1. The number of hydrazone groups is 1. The minimum Gasteiger partial charge on any atom is -0.273 e. The SMILES string of the molecule is Cc1cccc(Cl)c1/C=N\NC(=O)Cc1csc(-c2ccccc2)n1. The summed E-state index contributed by atoms with van der Waals surface area (Å²) < 4.78 is 0. The monoisotopic (exact) mass is 369 g/mol. The summed E-state index contributed by atoms with van der Waals surface area (Å²) in [7, 11) is 0. The number of thiazole rings is 1. The number of nitrogens with zero attached hydrogens (tertiary/aromatic N) is 2. The lowest BCUT2D eigenvalue weighted by atomic mass is 10.1. The second kappa shape index (κ2) is 8.05. The molecule has 3 aromatic rings. The Bertz CT molecular complexity index is 886. The molecule has 0 aliphatic carbocycles. The second-order valence-electron chi connectivity index (χ2n) is 5.45. The van der Waals surface area contributed by atoms with Crippen LogP contribution in [-0.4, -0.2) is 17.1 Å². The van der Waals surface area contributed by atoms with Gasteiger partial charge in [-0.05, 0) is 18.6 Å². The molecule has 0 aliphatic heterocycles. The third-order valence-corrected chi connectivity index (χ3v) is 4.84. The van der Waals surface area contributed by atoms with Gasteiger partial charge in [0.25, 0.3) is 0 Å². The molecule has 0 atom stereocenters. The van der Waals surface area contributed by atoms with Crippen LogP contribution < -0.4 is 5.43 Å². The molecular weight excluding hydrogens is 354 g/mol. The molecule has 4 nitrogen and oxygen atoms in total. The number of hydrogen-bond acceptors (Lipinski definition) is 4. The van der Waals surface area contributed by atoms with E-state index in [9.17, 15) is 4.79 Å². The zero-order chi connectivity index (χ0) is 17.6. The third-order valence-electron chi connectivity index (χ3n) is 3.57. The van der Waals surface area contributed by atoms with Crippen LogP contribution >= 0.6 is 22.9 Å². The second-order valence-corrected chi connectivity index (χ2v) is 6.72. The maximum atomic E-state index is 12.0. The summed E-state index contributed by atoms with van der Waals surface area (Å²) >= 11 is 7.65. The number of carbonyl (C=O) groups excluding carboxylic acids is 1. The molecule has 0 aliphatic rings. The lowest BCUT2D eigenvalue weighted by Crippen LogP contribution is -2.20. The number of aryl methyl sites for hydroxylation is 1.